The molecule has 0 aliphatic rings. The van der Waals surface area contributed by atoms with E-state index in [1.165, 1.54) is 6.92 Å². The van der Waals surface area contributed by atoms with Gasteiger partial charge in [0, 0.05) is 6.42 Å². The second kappa shape index (κ2) is 17.6. The standard InChI is InChI=1S/C21H40N6O8/c1-12(28)17(20(33)26-15(21(34)35)7-3-5-11-23)27-19(32)14(8-9-16(29)30)25-18(31)13(24)6-2-4-10-22/h12-15,17,28H,2-11,22-24H2,1H3,(H,25,31)(H,26,33)(H,27,32)(H,29,30)(H,34,35). The molecule has 0 spiro atoms. The van der Waals surface area contributed by atoms with E-state index < -0.39 is 66.4 Å². The minimum Gasteiger partial charge on any atom is -0.481 e. The zero-order valence-electron chi connectivity index (χ0n) is 20.1. The quantitative estimate of drug-likeness (QED) is 0.0820. The number of aliphatic carboxylic acids is 2. The number of hydrogen-bond acceptors (Lipinski definition) is 9. The van der Waals surface area contributed by atoms with Crippen molar-refractivity contribution in [2.24, 2.45) is 17.2 Å². The maximum Gasteiger partial charge on any atom is 0.326 e. The van der Waals surface area contributed by atoms with Crippen molar-refractivity contribution in [2.75, 3.05) is 13.1 Å². The summed E-state index contributed by atoms with van der Waals surface area (Å²) in [6, 6.07) is -5.13. The lowest BCUT2D eigenvalue weighted by Gasteiger charge is -2.26. The van der Waals surface area contributed by atoms with E-state index in [1.54, 1.807) is 0 Å². The first kappa shape index (κ1) is 32.2. The van der Waals surface area contributed by atoms with Crippen molar-refractivity contribution in [3.05, 3.63) is 0 Å². The van der Waals surface area contributed by atoms with Crippen molar-refractivity contribution in [3.8, 4) is 0 Å². The zero-order valence-corrected chi connectivity index (χ0v) is 20.1. The van der Waals surface area contributed by atoms with Crippen molar-refractivity contribution in [1.29, 1.82) is 0 Å². The van der Waals surface area contributed by atoms with Crippen molar-refractivity contribution < 1.29 is 39.3 Å². The van der Waals surface area contributed by atoms with Crippen molar-refractivity contribution >= 4 is 29.7 Å². The normalized spacial score (nSPS) is 15.2. The van der Waals surface area contributed by atoms with Gasteiger partial charge in [0.1, 0.15) is 18.1 Å². The zero-order chi connectivity index (χ0) is 27.0. The fourth-order valence-electron chi connectivity index (χ4n) is 3.13. The Morgan fingerprint density at radius 3 is 1.77 bits per heavy atom. The molecule has 3 amide bonds. The number of aliphatic hydroxyl groups is 1. The van der Waals surface area contributed by atoms with Crippen LogP contribution < -0.4 is 33.2 Å². The summed E-state index contributed by atoms with van der Waals surface area (Å²) in [4.78, 5) is 60.3. The molecule has 0 heterocycles. The highest BCUT2D eigenvalue weighted by Gasteiger charge is 2.32. The van der Waals surface area contributed by atoms with Crippen LogP contribution in [0.1, 0.15) is 58.3 Å². The lowest BCUT2D eigenvalue weighted by atomic mass is 10.0. The molecule has 5 atom stereocenters. The van der Waals surface area contributed by atoms with E-state index in [2.05, 4.69) is 16.0 Å². The Morgan fingerprint density at radius 1 is 0.743 bits per heavy atom. The smallest absolute Gasteiger partial charge is 0.326 e. The summed E-state index contributed by atoms with van der Waals surface area (Å²) in [7, 11) is 0. The molecule has 0 aliphatic heterocycles. The molecule has 35 heavy (non-hydrogen) atoms. The number of nitrogens with one attached hydrogen (secondary N) is 3. The van der Waals surface area contributed by atoms with E-state index in [0.717, 1.165) is 0 Å². The first-order valence-corrected chi connectivity index (χ1v) is 11.6. The monoisotopic (exact) mass is 504 g/mol. The summed E-state index contributed by atoms with van der Waals surface area (Å²) >= 11 is 0. The van der Waals surface area contributed by atoms with E-state index >= 15 is 0 Å². The molecule has 0 aromatic rings. The van der Waals surface area contributed by atoms with Crippen molar-refractivity contribution in [1.82, 2.24) is 16.0 Å². The van der Waals surface area contributed by atoms with E-state index in [1.807, 2.05) is 0 Å². The summed E-state index contributed by atoms with van der Waals surface area (Å²) in [5, 5.41) is 35.3. The summed E-state index contributed by atoms with van der Waals surface area (Å²) in [5.74, 6) is -5.06. The number of carboxylic acid groups (broad SMARTS) is 2. The molecule has 14 heteroatoms. The molecule has 0 aromatic heterocycles. The summed E-state index contributed by atoms with van der Waals surface area (Å²) < 4.78 is 0. The molecule has 0 radical (unpaired) electrons. The summed E-state index contributed by atoms with van der Waals surface area (Å²) in [6.07, 6.45) is 0.432. The molecule has 0 aliphatic carbocycles. The molecule has 0 saturated heterocycles. The van der Waals surface area contributed by atoms with Gasteiger partial charge in [0.25, 0.3) is 0 Å². The fraction of sp³-hybridized carbons (Fsp3) is 0.762. The average molecular weight is 505 g/mol. The fourth-order valence-corrected chi connectivity index (χ4v) is 3.13. The Labute approximate surface area is 204 Å². The van der Waals surface area contributed by atoms with E-state index in [-0.39, 0.29) is 12.8 Å². The third-order valence-electron chi connectivity index (χ3n) is 5.21. The van der Waals surface area contributed by atoms with Crippen molar-refractivity contribution in [2.45, 2.75) is 88.6 Å². The largest absolute Gasteiger partial charge is 0.481 e. The molecule has 0 rings (SSSR count). The predicted molar refractivity (Wildman–Crippen MR) is 126 cm³/mol. The third kappa shape index (κ3) is 13.6. The molecule has 5 unspecified atom stereocenters. The minimum atomic E-state index is -1.55. The Hall–Kier alpha value is -2.81. The van der Waals surface area contributed by atoms with Gasteiger partial charge < -0.3 is 48.5 Å². The van der Waals surface area contributed by atoms with E-state index in [0.29, 0.717) is 45.2 Å². The first-order valence-electron chi connectivity index (χ1n) is 11.6. The lowest BCUT2D eigenvalue weighted by molar-refractivity contribution is -0.143. The minimum absolute atomic E-state index is 0.0953. The molecule has 0 aromatic carbocycles. The second-order valence-electron chi connectivity index (χ2n) is 8.30. The number of amides is 3. The molecular weight excluding hydrogens is 464 g/mol. The Balaban J connectivity index is 5.37. The number of unbranched alkanes of at least 4 members (excludes halogenated alkanes) is 2. The number of hydrogen-bond donors (Lipinski definition) is 9. The van der Waals surface area contributed by atoms with E-state index in [4.69, 9.17) is 22.3 Å². The maximum atomic E-state index is 12.8. The molecule has 14 nitrogen and oxygen atoms in total. The Bertz CT molecular complexity index is 705. The second-order valence-corrected chi connectivity index (χ2v) is 8.30. The Morgan fingerprint density at radius 2 is 1.29 bits per heavy atom. The highest BCUT2D eigenvalue weighted by molar-refractivity contribution is 5.94. The van der Waals surface area contributed by atoms with Crippen LogP contribution in [0.3, 0.4) is 0 Å². The Kier molecular flexibility index (Phi) is 16.2. The van der Waals surface area contributed by atoms with Gasteiger partial charge in [-0.3, -0.25) is 19.2 Å². The SMILES string of the molecule is CC(O)C(NC(=O)C(CCC(=O)O)NC(=O)C(N)CCCCN)C(=O)NC(CCCCN)C(=O)O. The number of carbonyl (C=O) groups excluding carboxylic acids is 3. The van der Waals surface area contributed by atoms with Gasteiger partial charge in [-0.1, -0.05) is 6.42 Å². The molecule has 0 saturated carbocycles. The summed E-state index contributed by atoms with van der Waals surface area (Å²) in [5.41, 5.74) is 16.6. The third-order valence-corrected chi connectivity index (χ3v) is 5.21. The van der Waals surface area contributed by atoms with Gasteiger partial charge in [0.15, 0.2) is 0 Å². The molecule has 0 fully saturated rings. The number of carbonyl (C=O) groups is 5. The van der Waals surface area contributed by atoms with Gasteiger partial charge >= 0.3 is 11.9 Å². The number of aliphatic hydroxyl groups excluding tert-OH is 1. The van der Waals surface area contributed by atoms with Gasteiger partial charge in [-0.2, -0.15) is 0 Å². The van der Waals surface area contributed by atoms with Crippen LogP contribution in [0, 0.1) is 0 Å². The van der Waals surface area contributed by atoms with Crippen LogP contribution in [0.15, 0.2) is 0 Å². The van der Waals surface area contributed by atoms with Crippen LogP contribution in [0.5, 0.6) is 0 Å². The van der Waals surface area contributed by atoms with Crippen LogP contribution in [-0.4, -0.2) is 88.3 Å². The van der Waals surface area contributed by atoms with E-state index in [9.17, 15) is 34.2 Å². The summed E-state index contributed by atoms with van der Waals surface area (Å²) in [6.45, 7) is 2.00. The number of nitrogens with two attached hydrogens (primary N) is 3. The molecule has 0 bridgehead atoms. The topological polar surface area (TPSA) is 260 Å². The maximum absolute atomic E-state index is 12.8. The van der Waals surface area contributed by atoms with Crippen LogP contribution in [0.2, 0.25) is 0 Å². The van der Waals surface area contributed by atoms with Crippen LogP contribution >= 0.6 is 0 Å². The van der Waals surface area contributed by atoms with Crippen molar-refractivity contribution in [3.63, 3.8) is 0 Å². The van der Waals surface area contributed by atoms with Gasteiger partial charge in [-0.15, -0.1) is 0 Å². The van der Waals surface area contributed by atoms with Gasteiger partial charge in [0.05, 0.1) is 12.1 Å². The highest BCUT2D eigenvalue weighted by Crippen LogP contribution is 2.06. The predicted octanol–water partition coefficient (Wildman–Crippen LogP) is -2.64. The van der Waals surface area contributed by atoms with Crippen LogP contribution in [0.4, 0.5) is 0 Å². The van der Waals surface area contributed by atoms with Gasteiger partial charge in [0.2, 0.25) is 17.7 Å². The molecular formula is C21H40N6O8. The first-order chi connectivity index (χ1) is 16.4. The van der Waals surface area contributed by atoms with Crippen LogP contribution in [-0.2, 0) is 24.0 Å². The molecule has 12 N–H and O–H groups in total. The highest BCUT2D eigenvalue weighted by atomic mass is 16.4. The lowest BCUT2D eigenvalue weighted by Crippen LogP contribution is -2.59. The number of carboxylic acids is 2. The van der Waals surface area contributed by atoms with Crippen LogP contribution in [0.25, 0.3) is 0 Å². The van der Waals surface area contributed by atoms with Gasteiger partial charge in [-0.25, -0.2) is 4.79 Å². The number of rotatable bonds is 19. The molecule has 202 valence electrons. The van der Waals surface area contributed by atoms with Gasteiger partial charge in [-0.05, 0) is 58.5 Å². The average Bonchev–Trinajstić information content (AvgIpc) is 2.78.